The van der Waals surface area contributed by atoms with Crippen LogP contribution in [0.5, 0.6) is 0 Å². The van der Waals surface area contributed by atoms with Crippen LogP contribution >= 0.6 is 0 Å². The molecule has 0 saturated carbocycles. The summed E-state index contributed by atoms with van der Waals surface area (Å²) in [6.07, 6.45) is -1.88. The summed E-state index contributed by atoms with van der Waals surface area (Å²) >= 11 is 0. The van der Waals surface area contributed by atoms with Crippen molar-refractivity contribution in [2.75, 3.05) is 20.5 Å². The van der Waals surface area contributed by atoms with Crippen LogP contribution in [0.25, 0.3) is 0 Å². The van der Waals surface area contributed by atoms with Crippen molar-refractivity contribution in [1.82, 2.24) is 0 Å². The summed E-state index contributed by atoms with van der Waals surface area (Å²) in [5.41, 5.74) is 0. The van der Waals surface area contributed by atoms with E-state index in [2.05, 4.69) is 33.9 Å². The second-order valence-corrected chi connectivity index (χ2v) is 12.3. The molecule has 0 amide bonds. The van der Waals surface area contributed by atoms with Gasteiger partial charge in [-0.1, -0.05) is 20.8 Å². The third-order valence-electron chi connectivity index (χ3n) is 3.99. The van der Waals surface area contributed by atoms with Gasteiger partial charge >= 0.3 is 5.97 Å². The number of aliphatic hydroxyl groups is 1. The Labute approximate surface area is 141 Å². The van der Waals surface area contributed by atoms with Crippen molar-refractivity contribution in [2.24, 2.45) is 0 Å². The molecule has 0 aromatic heterocycles. The Morgan fingerprint density at radius 3 is 2.22 bits per heavy atom. The van der Waals surface area contributed by atoms with E-state index in [4.69, 9.17) is 18.6 Å². The molecule has 0 aromatic rings. The zero-order chi connectivity index (χ0) is 18.3. The Balaban J connectivity index is 4.68. The van der Waals surface area contributed by atoms with E-state index in [1.54, 1.807) is 13.8 Å². The molecule has 6 nitrogen and oxygen atoms in total. The molecule has 138 valence electrons. The average molecular weight is 351 g/mol. The third-order valence-corrected chi connectivity index (χ3v) is 8.49. The molecule has 0 radical (unpaired) electrons. The molecular formula is C16H34O6Si. The van der Waals surface area contributed by atoms with Crippen molar-refractivity contribution in [3.8, 4) is 0 Å². The Kier molecular flexibility index (Phi) is 9.53. The number of aliphatic hydroxyl groups excluding tert-OH is 1. The summed E-state index contributed by atoms with van der Waals surface area (Å²) in [7, 11) is -0.486. The van der Waals surface area contributed by atoms with Crippen LogP contribution in [-0.2, 0) is 23.4 Å². The molecule has 0 bridgehead atoms. The minimum absolute atomic E-state index is 0.00320. The molecule has 0 saturated heterocycles. The van der Waals surface area contributed by atoms with Crippen molar-refractivity contribution in [1.29, 1.82) is 0 Å². The van der Waals surface area contributed by atoms with Gasteiger partial charge in [0.2, 0.25) is 0 Å². The molecule has 7 heteroatoms. The fraction of sp³-hybridized carbons (Fsp3) is 0.938. The van der Waals surface area contributed by atoms with E-state index in [9.17, 15) is 9.90 Å². The van der Waals surface area contributed by atoms with Crippen molar-refractivity contribution in [3.63, 3.8) is 0 Å². The number of carbonyl (C=O) groups is 1. The Morgan fingerprint density at radius 1 is 1.22 bits per heavy atom. The first-order chi connectivity index (χ1) is 10.4. The van der Waals surface area contributed by atoms with E-state index in [1.807, 2.05) is 0 Å². The second-order valence-electron chi connectivity index (χ2n) is 7.49. The minimum Gasteiger partial charge on any atom is -0.463 e. The first-order valence-electron chi connectivity index (χ1n) is 8.02. The van der Waals surface area contributed by atoms with E-state index in [0.717, 1.165) is 0 Å². The van der Waals surface area contributed by atoms with Gasteiger partial charge in [0.05, 0.1) is 25.2 Å². The fourth-order valence-electron chi connectivity index (χ4n) is 1.55. The molecule has 2 atom stereocenters. The molecule has 0 aromatic carbocycles. The molecule has 0 fully saturated rings. The van der Waals surface area contributed by atoms with E-state index in [1.165, 1.54) is 7.11 Å². The number of ether oxygens (including phenoxy) is 3. The van der Waals surface area contributed by atoms with Gasteiger partial charge in [-0.25, -0.2) is 0 Å². The van der Waals surface area contributed by atoms with Crippen LogP contribution in [-0.4, -0.2) is 58.2 Å². The quantitative estimate of drug-likeness (QED) is 0.371. The van der Waals surface area contributed by atoms with Gasteiger partial charge in [0, 0.05) is 7.11 Å². The molecule has 1 N–H and O–H groups in total. The largest absolute Gasteiger partial charge is 0.463 e. The summed E-state index contributed by atoms with van der Waals surface area (Å²) in [5.74, 6) is -0.410. The second kappa shape index (κ2) is 9.73. The number of hydrogen-bond acceptors (Lipinski definition) is 6. The van der Waals surface area contributed by atoms with Gasteiger partial charge in [0.25, 0.3) is 0 Å². The number of hydrogen-bond donors (Lipinski definition) is 1. The van der Waals surface area contributed by atoms with E-state index < -0.39 is 26.5 Å². The maximum absolute atomic E-state index is 11.8. The van der Waals surface area contributed by atoms with Crippen molar-refractivity contribution in [3.05, 3.63) is 0 Å². The summed E-state index contributed by atoms with van der Waals surface area (Å²) in [6.45, 7) is 14.3. The SMILES string of the molecule is COCOC(CC(=O)OC(C)C)C(O)CO[Si](C)(C)C(C)(C)C. The highest BCUT2D eigenvalue weighted by Gasteiger charge is 2.38. The highest BCUT2D eigenvalue weighted by atomic mass is 28.4. The predicted molar refractivity (Wildman–Crippen MR) is 91.7 cm³/mol. The third kappa shape index (κ3) is 8.81. The number of methoxy groups -OCH3 is 1. The van der Waals surface area contributed by atoms with Crippen LogP contribution in [0.2, 0.25) is 18.1 Å². The Bertz CT molecular complexity index is 351. The van der Waals surface area contributed by atoms with Gasteiger partial charge < -0.3 is 23.7 Å². The zero-order valence-corrected chi connectivity index (χ0v) is 16.8. The molecule has 2 unspecified atom stereocenters. The lowest BCUT2D eigenvalue weighted by atomic mass is 10.1. The van der Waals surface area contributed by atoms with Gasteiger partial charge in [-0.3, -0.25) is 4.79 Å². The Hall–Kier alpha value is -0.473. The molecular weight excluding hydrogens is 316 g/mol. The first kappa shape index (κ1) is 22.5. The van der Waals surface area contributed by atoms with Crippen molar-refractivity contribution < 1.29 is 28.5 Å². The van der Waals surface area contributed by atoms with Crippen LogP contribution in [0, 0.1) is 0 Å². The first-order valence-corrected chi connectivity index (χ1v) is 10.9. The summed E-state index contributed by atoms with van der Waals surface area (Å²) < 4.78 is 21.4. The van der Waals surface area contributed by atoms with Crippen molar-refractivity contribution >= 4 is 14.3 Å². The number of esters is 1. The molecule has 0 aliphatic heterocycles. The highest BCUT2D eigenvalue weighted by Crippen LogP contribution is 2.36. The minimum atomic E-state index is -1.97. The summed E-state index contributed by atoms with van der Waals surface area (Å²) in [4.78, 5) is 11.8. The van der Waals surface area contributed by atoms with Gasteiger partial charge in [0.15, 0.2) is 8.32 Å². The fourth-order valence-corrected chi connectivity index (χ4v) is 2.57. The number of carbonyl (C=O) groups excluding carboxylic acids is 1. The molecule has 0 aliphatic rings. The Morgan fingerprint density at radius 2 is 1.78 bits per heavy atom. The summed E-state index contributed by atoms with van der Waals surface area (Å²) in [5, 5.41) is 10.4. The van der Waals surface area contributed by atoms with Crippen LogP contribution in [0.3, 0.4) is 0 Å². The van der Waals surface area contributed by atoms with Gasteiger partial charge in [-0.2, -0.15) is 0 Å². The van der Waals surface area contributed by atoms with Gasteiger partial charge in [0.1, 0.15) is 12.9 Å². The predicted octanol–water partition coefficient (Wildman–Crippen LogP) is 2.70. The average Bonchev–Trinajstić information content (AvgIpc) is 2.38. The monoisotopic (exact) mass is 350 g/mol. The van der Waals surface area contributed by atoms with Gasteiger partial charge in [-0.15, -0.1) is 0 Å². The lowest BCUT2D eigenvalue weighted by Crippen LogP contribution is -2.45. The molecule has 0 heterocycles. The lowest BCUT2D eigenvalue weighted by Gasteiger charge is -2.37. The summed E-state index contributed by atoms with van der Waals surface area (Å²) in [6, 6.07) is 0. The highest BCUT2D eigenvalue weighted by molar-refractivity contribution is 6.74. The number of rotatable bonds is 10. The maximum atomic E-state index is 11.8. The van der Waals surface area contributed by atoms with E-state index in [-0.39, 0.29) is 31.0 Å². The van der Waals surface area contributed by atoms with Crippen LogP contribution in [0.15, 0.2) is 0 Å². The zero-order valence-electron chi connectivity index (χ0n) is 15.8. The van der Waals surface area contributed by atoms with Crippen LogP contribution in [0.4, 0.5) is 0 Å². The van der Waals surface area contributed by atoms with Crippen molar-refractivity contribution in [2.45, 2.75) is 77.5 Å². The van der Waals surface area contributed by atoms with E-state index in [0.29, 0.717) is 0 Å². The maximum Gasteiger partial charge on any atom is 0.308 e. The van der Waals surface area contributed by atoms with Gasteiger partial charge in [-0.05, 0) is 32.0 Å². The van der Waals surface area contributed by atoms with Crippen LogP contribution < -0.4 is 0 Å². The topological polar surface area (TPSA) is 74.2 Å². The van der Waals surface area contributed by atoms with E-state index >= 15 is 0 Å². The smallest absolute Gasteiger partial charge is 0.308 e. The standard InChI is InChI=1S/C16H34O6Si/c1-12(2)22-15(18)9-14(20-11-19-6)13(17)10-21-23(7,8)16(3,4)5/h12-14,17H,9-11H2,1-8H3. The van der Waals surface area contributed by atoms with Crippen LogP contribution in [0.1, 0.15) is 41.0 Å². The molecule has 23 heavy (non-hydrogen) atoms. The lowest BCUT2D eigenvalue weighted by molar-refractivity contribution is -0.160. The molecule has 0 aliphatic carbocycles. The normalized spacial score (nSPS) is 15.6. The molecule has 0 spiro atoms. The molecule has 0 rings (SSSR count).